The number of nitrogens with zero attached hydrogens (tertiary/aromatic N) is 1. The monoisotopic (exact) mass is 415 g/mol. The second-order valence-electron chi connectivity index (χ2n) is 11.5. The Morgan fingerprint density at radius 2 is 1.87 bits per heavy atom. The molecule has 0 unspecified atom stereocenters. The molecule has 1 aromatic heterocycles. The number of ether oxygens (including phenoxy) is 2. The number of aromatic nitrogens is 1. The van der Waals surface area contributed by atoms with E-state index in [1.807, 2.05) is 6.07 Å². The summed E-state index contributed by atoms with van der Waals surface area (Å²) in [5.74, 6) is 0.0831. The molecule has 2 saturated carbocycles. The van der Waals surface area contributed by atoms with Crippen LogP contribution in [0.25, 0.3) is 0 Å². The molecule has 0 radical (unpaired) electrons. The first kappa shape index (κ1) is 20.9. The van der Waals surface area contributed by atoms with E-state index in [9.17, 15) is 10.2 Å². The molecule has 1 aromatic rings. The van der Waals surface area contributed by atoms with Crippen molar-refractivity contribution in [1.82, 2.24) is 4.98 Å². The van der Waals surface area contributed by atoms with Crippen LogP contribution in [0.15, 0.2) is 12.1 Å². The van der Waals surface area contributed by atoms with Gasteiger partial charge < -0.3 is 19.7 Å². The molecule has 0 aromatic carbocycles. The maximum Gasteiger partial charge on any atom is 0.199 e. The van der Waals surface area contributed by atoms with E-state index in [4.69, 9.17) is 9.47 Å². The van der Waals surface area contributed by atoms with Crippen LogP contribution in [0.4, 0.5) is 0 Å². The normalized spacial score (nSPS) is 44.4. The summed E-state index contributed by atoms with van der Waals surface area (Å²) in [6, 6.07) is 3.97. The highest BCUT2D eigenvalue weighted by atomic mass is 16.7. The molecule has 0 bridgehead atoms. The van der Waals surface area contributed by atoms with Crippen molar-refractivity contribution < 1.29 is 19.7 Å². The Balaban J connectivity index is 1.58. The molecule has 0 spiro atoms. The summed E-state index contributed by atoms with van der Waals surface area (Å²) in [5.41, 5.74) is 2.97. The molecule has 1 saturated heterocycles. The number of pyridine rings is 1. The van der Waals surface area contributed by atoms with Crippen LogP contribution in [-0.4, -0.2) is 33.2 Å². The highest BCUT2D eigenvalue weighted by Gasteiger charge is 2.65. The maximum absolute atomic E-state index is 10.5. The van der Waals surface area contributed by atoms with Crippen molar-refractivity contribution in [3.8, 4) is 0 Å². The minimum atomic E-state index is -0.992. The molecule has 5 rings (SSSR count). The molecule has 30 heavy (non-hydrogen) atoms. The molecule has 4 aliphatic rings. The lowest BCUT2D eigenvalue weighted by Crippen LogP contribution is -2.67. The molecule has 166 valence electrons. The molecule has 6 atom stereocenters. The summed E-state index contributed by atoms with van der Waals surface area (Å²) in [7, 11) is 0. The highest BCUT2D eigenvalue weighted by Crippen LogP contribution is 2.67. The van der Waals surface area contributed by atoms with Crippen LogP contribution in [0.3, 0.4) is 0 Å². The summed E-state index contributed by atoms with van der Waals surface area (Å²) < 4.78 is 13.1. The first-order chi connectivity index (χ1) is 14.2. The van der Waals surface area contributed by atoms with Crippen molar-refractivity contribution >= 4 is 0 Å². The van der Waals surface area contributed by atoms with Gasteiger partial charge >= 0.3 is 0 Å². The third kappa shape index (κ3) is 2.78. The van der Waals surface area contributed by atoms with Crippen LogP contribution in [-0.2, 0) is 22.7 Å². The van der Waals surface area contributed by atoms with Crippen LogP contribution < -0.4 is 0 Å². The van der Waals surface area contributed by atoms with Crippen LogP contribution in [0.5, 0.6) is 0 Å². The maximum atomic E-state index is 10.5. The van der Waals surface area contributed by atoms with Gasteiger partial charge in [-0.1, -0.05) is 33.3 Å². The van der Waals surface area contributed by atoms with Crippen molar-refractivity contribution in [2.75, 3.05) is 6.61 Å². The van der Waals surface area contributed by atoms with Gasteiger partial charge in [-0.2, -0.15) is 0 Å². The third-order valence-corrected chi connectivity index (χ3v) is 9.42. The van der Waals surface area contributed by atoms with Gasteiger partial charge in [-0.3, -0.25) is 4.98 Å². The van der Waals surface area contributed by atoms with E-state index in [1.54, 1.807) is 0 Å². The van der Waals surface area contributed by atoms with E-state index < -0.39 is 5.79 Å². The predicted molar refractivity (Wildman–Crippen MR) is 114 cm³/mol. The Hall–Kier alpha value is -1.01. The standard InChI is InChI=1S/C25H37NO4/c1-22(2)9-5-10-23(3)20(22)8-11-24(4)21(23)12-18-17-7-6-16(13-27)26-19(17)14-29-25(18,15-28)30-24/h6-7,18,20-21,27-28H,5,8-15H2,1-4H3/t18-,20-,21+,23-,24+,25-/m0/s1. The molecule has 3 heterocycles. The van der Waals surface area contributed by atoms with Gasteiger partial charge in [0.1, 0.15) is 0 Å². The zero-order valence-electron chi connectivity index (χ0n) is 18.9. The zero-order valence-corrected chi connectivity index (χ0v) is 18.9. The molecule has 2 N–H and O–H groups in total. The fourth-order valence-electron chi connectivity index (χ4n) is 8.08. The lowest BCUT2D eigenvalue weighted by molar-refractivity contribution is -0.374. The SMILES string of the molecule is CC1(C)CCC[C@]2(C)[C@H]3C[C@H]4c5ccc(CO)nc5CO[C@@]4(CO)O[C@]3(C)CC[C@@H]12. The fourth-order valence-corrected chi connectivity index (χ4v) is 8.08. The van der Waals surface area contributed by atoms with Gasteiger partial charge in [0.15, 0.2) is 5.79 Å². The Morgan fingerprint density at radius 1 is 1.07 bits per heavy atom. The fraction of sp³-hybridized carbons (Fsp3) is 0.800. The largest absolute Gasteiger partial charge is 0.391 e. The molecule has 5 heteroatoms. The summed E-state index contributed by atoms with van der Waals surface area (Å²) in [6.45, 7) is 9.78. The van der Waals surface area contributed by atoms with Gasteiger partial charge in [-0.15, -0.1) is 0 Å². The Kier molecular flexibility index (Phi) is 4.69. The van der Waals surface area contributed by atoms with E-state index in [2.05, 4.69) is 38.7 Å². The van der Waals surface area contributed by atoms with Crippen molar-refractivity contribution in [2.24, 2.45) is 22.7 Å². The second kappa shape index (κ2) is 6.74. The van der Waals surface area contributed by atoms with E-state index in [1.165, 1.54) is 25.7 Å². The molecule has 2 aliphatic heterocycles. The van der Waals surface area contributed by atoms with E-state index >= 15 is 0 Å². The molecule has 0 amide bonds. The third-order valence-electron chi connectivity index (χ3n) is 9.42. The summed E-state index contributed by atoms with van der Waals surface area (Å²) in [6.07, 6.45) is 6.99. The van der Waals surface area contributed by atoms with Crippen LogP contribution in [0, 0.1) is 22.7 Å². The van der Waals surface area contributed by atoms with Crippen LogP contribution in [0.2, 0.25) is 0 Å². The average molecular weight is 416 g/mol. The van der Waals surface area contributed by atoms with Crippen molar-refractivity contribution in [3.05, 3.63) is 29.1 Å². The summed E-state index contributed by atoms with van der Waals surface area (Å²) >= 11 is 0. The minimum absolute atomic E-state index is 0.0369. The predicted octanol–water partition coefficient (Wildman–Crippen LogP) is 4.30. The Bertz CT molecular complexity index is 840. The van der Waals surface area contributed by atoms with Gasteiger partial charge in [-0.25, -0.2) is 0 Å². The Labute approximate surface area is 180 Å². The van der Waals surface area contributed by atoms with E-state index in [-0.39, 0.29) is 30.1 Å². The number of hydrogen-bond donors (Lipinski definition) is 2. The molecule has 5 nitrogen and oxygen atoms in total. The van der Waals surface area contributed by atoms with Gasteiger partial charge in [0.25, 0.3) is 0 Å². The van der Waals surface area contributed by atoms with Crippen LogP contribution in [0.1, 0.15) is 89.1 Å². The van der Waals surface area contributed by atoms with Crippen LogP contribution >= 0.6 is 0 Å². The molecule has 2 aliphatic carbocycles. The van der Waals surface area contributed by atoms with Gasteiger partial charge in [-0.05, 0) is 73.3 Å². The first-order valence-corrected chi connectivity index (χ1v) is 11.7. The van der Waals surface area contributed by atoms with E-state index in [0.717, 1.165) is 24.1 Å². The highest BCUT2D eigenvalue weighted by molar-refractivity contribution is 5.32. The smallest absolute Gasteiger partial charge is 0.199 e. The quantitative estimate of drug-likeness (QED) is 0.754. The first-order valence-electron chi connectivity index (χ1n) is 11.7. The molecular formula is C25H37NO4. The summed E-state index contributed by atoms with van der Waals surface area (Å²) in [5, 5.41) is 20.0. The van der Waals surface area contributed by atoms with Gasteiger partial charge in [0.2, 0.25) is 0 Å². The van der Waals surface area contributed by atoms with Crippen molar-refractivity contribution in [3.63, 3.8) is 0 Å². The zero-order chi connectivity index (χ0) is 21.4. The van der Waals surface area contributed by atoms with Gasteiger partial charge in [0.05, 0.1) is 36.8 Å². The number of hydrogen-bond acceptors (Lipinski definition) is 5. The number of fused-ring (bicyclic) bond motifs is 6. The van der Waals surface area contributed by atoms with Crippen molar-refractivity contribution in [2.45, 2.75) is 96.7 Å². The van der Waals surface area contributed by atoms with Gasteiger partial charge in [0, 0.05) is 5.92 Å². The lowest BCUT2D eigenvalue weighted by Gasteiger charge is -2.67. The van der Waals surface area contributed by atoms with E-state index in [0.29, 0.717) is 29.6 Å². The average Bonchev–Trinajstić information content (AvgIpc) is 2.71. The Morgan fingerprint density at radius 3 is 2.60 bits per heavy atom. The summed E-state index contributed by atoms with van der Waals surface area (Å²) in [4.78, 5) is 4.62. The second-order valence-corrected chi connectivity index (χ2v) is 11.5. The van der Waals surface area contributed by atoms with Crippen molar-refractivity contribution in [1.29, 1.82) is 0 Å². The minimum Gasteiger partial charge on any atom is -0.391 e. The number of aliphatic hydroxyl groups is 2. The molecule has 3 fully saturated rings. The number of rotatable bonds is 2. The lowest BCUT2D eigenvalue weighted by atomic mass is 9.44. The molecular weight excluding hydrogens is 378 g/mol. The number of aliphatic hydroxyl groups excluding tert-OH is 2. The topological polar surface area (TPSA) is 71.8 Å².